The number of carbonyl (C=O) groups is 1. The van der Waals surface area contributed by atoms with Crippen LogP contribution >= 0.6 is 22.9 Å². The summed E-state index contributed by atoms with van der Waals surface area (Å²) < 4.78 is 0. The van der Waals surface area contributed by atoms with E-state index < -0.39 is 0 Å². The summed E-state index contributed by atoms with van der Waals surface area (Å²) in [6.45, 7) is 9.62. The van der Waals surface area contributed by atoms with Gasteiger partial charge in [-0.3, -0.25) is 4.79 Å². The quantitative estimate of drug-likeness (QED) is 0.569. The number of allylic oxidation sites excluding steroid dienone is 1. The number of amides is 1. The highest BCUT2D eigenvalue weighted by Crippen LogP contribution is 2.19. The molecule has 0 spiro atoms. The number of halogens is 1. The molecule has 106 valence electrons. The molecule has 1 amide bonds. The van der Waals surface area contributed by atoms with Crippen LogP contribution in [0.15, 0.2) is 23.6 Å². The highest BCUT2D eigenvalue weighted by molar-refractivity contribution is 7.10. The van der Waals surface area contributed by atoms with Gasteiger partial charge in [0.1, 0.15) is 0 Å². The fourth-order valence-corrected chi connectivity index (χ4v) is 2.73. The zero-order valence-electron chi connectivity index (χ0n) is 12.0. The lowest BCUT2D eigenvalue weighted by Gasteiger charge is -2.23. The molecule has 19 heavy (non-hydrogen) atoms. The van der Waals surface area contributed by atoms with E-state index in [1.54, 1.807) is 23.5 Å². The Morgan fingerprint density at radius 1 is 1.47 bits per heavy atom. The molecule has 0 aliphatic carbocycles. The zero-order valence-corrected chi connectivity index (χ0v) is 13.6. The molecule has 1 aromatic rings. The number of rotatable bonds is 6. The maximum Gasteiger partial charge on any atom is 0.246 e. The molecule has 2 nitrogen and oxygen atoms in total. The molecule has 0 aromatic carbocycles. The number of carbonyl (C=O) groups excluding carboxylic acids is 1. The molecule has 1 atom stereocenters. The minimum Gasteiger partial charge on any atom is -0.334 e. The van der Waals surface area contributed by atoms with Crippen molar-refractivity contribution in [2.75, 3.05) is 6.54 Å². The first-order valence-corrected chi connectivity index (χ1v) is 7.86. The summed E-state index contributed by atoms with van der Waals surface area (Å²) in [7, 11) is 0. The van der Waals surface area contributed by atoms with Crippen molar-refractivity contribution in [3.8, 4) is 0 Å². The molecule has 1 aromatic heterocycles. The second-order valence-electron chi connectivity index (χ2n) is 5.18. The van der Waals surface area contributed by atoms with Crippen LogP contribution in [0.1, 0.15) is 31.2 Å². The van der Waals surface area contributed by atoms with E-state index in [0.717, 1.165) is 6.54 Å². The Morgan fingerprint density at radius 3 is 2.63 bits per heavy atom. The van der Waals surface area contributed by atoms with E-state index >= 15 is 0 Å². The van der Waals surface area contributed by atoms with Gasteiger partial charge in [0.25, 0.3) is 0 Å². The van der Waals surface area contributed by atoms with Gasteiger partial charge in [0.15, 0.2) is 0 Å². The van der Waals surface area contributed by atoms with Crippen molar-refractivity contribution in [1.29, 1.82) is 0 Å². The first-order valence-electron chi connectivity index (χ1n) is 6.54. The molecule has 0 aliphatic rings. The molecule has 0 fully saturated rings. The molecule has 0 radical (unpaired) electrons. The van der Waals surface area contributed by atoms with Gasteiger partial charge < -0.3 is 4.90 Å². The van der Waals surface area contributed by atoms with E-state index in [0.29, 0.717) is 12.5 Å². The zero-order chi connectivity index (χ0) is 14.4. The molecule has 0 bridgehead atoms. The maximum absolute atomic E-state index is 12.2. The summed E-state index contributed by atoms with van der Waals surface area (Å²) in [6, 6.07) is 2.09. The van der Waals surface area contributed by atoms with Gasteiger partial charge in [0.2, 0.25) is 5.91 Å². The van der Waals surface area contributed by atoms with Crippen molar-refractivity contribution in [3.63, 3.8) is 0 Å². The lowest BCUT2D eigenvalue weighted by molar-refractivity contribution is -0.127. The van der Waals surface area contributed by atoms with Crippen molar-refractivity contribution >= 4 is 28.8 Å². The van der Waals surface area contributed by atoms with E-state index in [4.69, 9.17) is 11.6 Å². The lowest BCUT2D eigenvalue weighted by Crippen LogP contribution is -2.32. The fourth-order valence-electron chi connectivity index (χ4n) is 1.73. The molecule has 1 rings (SSSR count). The smallest absolute Gasteiger partial charge is 0.246 e. The SMILES string of the molecule is Cc1ccsc1CN(CC(C)C)C(=O)/C=C/C(C)Cl. The largest absolute Gasteiger partial charge is 0.334 e. The summed E-state index contributed by atoms with van der Waals surface area (Å²) in [5, 5.41) is 1.95. The average Bonchev–Trinajstić information content (AvgIpc) is 2.70. The van der Waals surface area contributed by atoms with E-state index in [-0.39, 0.29) is 11.3 Å². The van der Waals surface area contributed by atoms with Crippen LogP contribution in [-0.2, 0) is 11.3 Å². The van der Waals surface area contributed by atoms with Gasteiger partial charge in [-0.25, -0.2) is 0 Å². The average molecular weight is 300 g/mol. The second kappa shape index (κ2) is 7.71. The molecular formula is C15H22ClNOS. The van der Waals surface area contributed by atoms with Gasteiger partial charge in [-0.15, -0.1) is 22.9 Å². The van der Waals surface area contributed by atoms with Gasteiger partial charge in [-0.1, -0.05) is 19.9 Å². The molecule has 4 heteroatoms. The van der Waals surface area contributed by atoms with Crippen molar-refractivity contribution in [3.05, 3.63) is 34.0 Å². The third-order valence-corrected chi connectivity index (χ3v) is 3.86. The number of hydrogen-bond donors (Lipinski definition) is 0. The van der Waals surface area contributed by atoms with Crippen LogP contribution in [0.3, 0.4) is 0 Å². The Hall–Kier alpha value is -0.800. The van der Waals surface area contributed by atoms with Crippen LogP contribution in [0.25, 0.3) is 0 Å². The Bertz CT molecular complexity index is 437. The summed E-state index contributed by atoms with van der Waals surface area (Å²) in [5.41, 5.74) is 1.25. The minimum atomic E-state index is -0.117. The molecule has 0 saturated heterocycles. The van der Waals surface area contributed by atoms with Crippen LogP contribution in [0.2, 0.25) is 0 Å². The maximum atomic E-state index is 12.2. The molecule has 1 unspecified atom stereocenters. The highest BCUT2D eigenvalue weighted by atomic mass is 35.5. The van der Waals surface area contributed by atoms with E-state index in [2.05, 4.69) is 32.2 Å². The van der Waals surface area contributed by atoms with Crippen molar-refractivity contribution in [2.24, 2.45) is 5.92 Å². The van der Waals surface area contributed by atoms with Gasteiger partial charge in [-0.2, -0.15) is 0 Å². The van der Waals surface area contributed by atoms with Crippen LogP contribution in [-0.4, -0.2) is 22.7 Å². The normalized spacial score (nSPS) is 13.2. The standard InChI is InChI=1S/C15H22ClNOS/c1-11(2)9-17(15(18)6-5-13(4)16)10-14-12(3)7-8-19-14/h5-8,11,13H,9-10H2,1-4H3/b6-5+. The van der Waals surface area contributed by atoms with Crippen LogP contribution in [0.5, 0.6) is 0 Å². The van der Waals surface area contributed by atoms with Gasteiger partial charge >= 0.3 is 0 Å². The molecule has 0 saturated carbocycles. The van der Waals surface area contributed by atoms with Gasteiger partial charge in [0, 0.05) is 22.9 Å². The third kappa shape index (κ3) is 5.79. The Kier molecular flexibility index (Phi) is 6.59. The van der Waals surface area contributed by atoms with Crippen molar-refractivity contribution < 1.29 is 4.79 Å². The number of hydrogen-bond acceptors (Lipinski definition) is 2. The van der Waals surface area contributed by atoms with Crippen LogP contribution in [0.4, 0.5) is 0 Å². The number of alkyl halides is 1. The third-order valence-electron chi connectivity index (χ3n) is 2.70. The fraction of sp³-hybridized carbons (Fsp3) is 0.533. The molecule has 0 aliphatic heterocycles. The number of aryl methyl sites for hydroxylation is 1. The number of thiophene rings is 1. The summed E-state index contributed by atoms with van der Waals surface area (Å²) >= 11 is 7.55. The predicted octanol–water partition coefficient (Wildman–Crippen LogP) is 4.22. The molecule has 0 N–H and O–H groups in total. The second-order valence-corrected chi connectivity index (χ2v) is 6.87. The van der Waals surface area contributed by atoms with Crippen molar-refractivity contribution in [1.82, 2.24) is 4.90 Å². The predicted molar refractivity (Wildman–Crippen MR) is 83.8 cm³/mol. The molecule has 1 heterocycles. The minimum absolute atomic E-state index is 0.0361. The van der Waals surface area contributed by atoms with Gasteiger partial charge in [0.05, 0.1) is 6.54 Å². The van der Waals surface area contributed by atoms with Crippen LogP contribution in [0, 0.1) is 12.8 Å². The van der Waals surface area contributed by atoms with Crippen molar-refractivity contribution in [2.45, 2.75) is 39.6 Å². The summed E-state index contributed by atoms with van der Waals surface area (Å²) in [4.78, 5) is 15.3. The van der Waals surface area contributed by atoms with Gasteiger partial charge in [-0.05, 0) is 36.8 Å². The van der Waals surface area contributed by atoms with E-state index in [1.807, 2.05) is 11.8 Å². The molecular weight excluding hydrogens is 278 g/mol. The Balaban J connectivity index is 2.77. The topological polar surface area (TPSA) is 20.3 Å². The van der Waals surface area contributed by atoms with E-state index in [9.17, 15) is 4.79 Å². The summed E-state index contributed by atoms with van der Waals surface area (Å²) in [6.07, 6.45) is 3.32. The number of nitrogens with zero attached hydrogens (tertiary/aromatic N) is 1. The van der Waals surface area contributed by atoms with E-state index in [1.165, 1.54) is 10.4 Å². The Labute approximate surface area is 125 Å². The Morgan fingerprint density at radius 2 is 2.16 bits per heavy atom. The lowest BCUT2D eigenvalue weighted by atomic mass is 10.2. The first-order chi connectivity index (χ1) is 8.90. The monoisotopic (exact) mass is 299 g/mol. The first kappa shape index (κ1) is 16.3. The summed E-state index contributed by atoms with van der Waals surface area (Å²) in [5.74, 6) is 0.486. The van der Waals surface area contributed by atoms with Crippen LogP contribution < -0.4 is 0 Å². The highest BCUT2D eigenvalue weighted by Gasteiger charge is 2.14.